The van der Waals surface area contributed by atoms with Gasteiger partial charge in [0.15, 0.2) is 6.61 Å². The van der Waals surface area contributed by atoms with Crippen LogP contribution in [0.5, 0.6) is 5.75 Å². The minimum atomic E-state index is -3.52. The number of nitrogens with zero attached hydrogens (tertiary/aromatic N) is 1. The second-order valence-corrected chi connectivity index (χ2v) is 9.86. The van der Waals surface area contributed by atoms with Crippen LogP contribution >= 0.6 is 11.8 Å². The first-order chi connectivity index (χ1) is 15.4. The molecule has 0 fully saturated rings. The SMILES string of the molecule is CCN(CC)S(=O)(=O)c1ccc(OCC(=O)Nc2ccccc2Sc2ccccc2)cc1. The second-order valence-electron chi connectivity index (χ2n) is 6.81. The first kappa shape index (κ1) is 23.8. The Morgan fingerprint density at radius 2 is 1.53 bits per heavy atom. The summed E-state index contributed by atoms with van der Waals surface area (Å²) >= 11 is 1.56. The average Bonchev–Trinajstić information content (AvgIpc) is 2.80. The molecule has 0 spiro atoms. The maximum atomic E-state index is 12.6. The van der Waals surface area contributed by atoms with Gasteiger partial charge < -0.3 is 10.1 Å². The molecule has 3 aromatic carbocycles. The topological polar surface area (TPSA) is 75.7 Å². The molecular weight excluding hydrogens is 444 g/mol. The summed E-state index contributed by atoms with van der Waals surface area (Å²) in [5, 5.41) is 2.88. The highest BCUT2D eigenvalue weighted by molar-refractivity contribution is 7.99. The summed E-state index contributed by atoms with van der Waals surface area (Å²) in [6.07, 6.45) is 0. The van der Waals surface area contributed by atoms with E-state index in [0.717, 1.165) is 9.79 Å². The third kappa shape index (κ3) is 6.12. The van der Waals surface area contributed by atoms with Crippen LogP contribution in [0.2, 0.25) is 0 Å². The van der Waals surface area contributed by atoms with Gasteiger partial charge in [-0.25, -0.2) is 8.42 Å². The number of carbonyl (C=O) groups excluding carboxylic acids is 1. The lowest BCUT2D eigenvalue weighted by atomic mass is 10.3. The molecule has 0 heterocycles. The van der Waals surface area contributed by atoms with E-state index < -0.39 is 10.0 Å². The summed E-state index contributed by atoms with van der Waals surface area (Å²) in [7, 11) is -3.52. The number of ether oxygens (including phenoxy) is 1. The van der Waals surface area contributed by atoms with Crippen molar-refractivity contribution in [3.8, 4) is 5.75 Å². The molecule has 1 amide bonds. The van der Waals surface area contributed by atoms with Crippen molar-refractivity contribution in [2.45, 2.75) is 28.5 Å². The molecular formula is C24H26N2O4S2. The van der Waals surface area contributed by atoms with Gasteiger partial charge in [0.25, 0.3) is 5.91 Å². The smallest absolute Gasteiger partial charge is 0.262 e. The van der Waals surface area contributed by atoms with Crippen molar-refractivity contribution in [1.82, 2.24) is 4.31 Å². The van der Waals surface area contributed by atoms with Crippen LogP contribution in [-0.2, 0) is 14.8 Å². The monoisotopic (exact) mass is 470 g/mol. The molecule has 3 aromatic rings. The first-order valence-corrected chi connectivity index (χ1v) is 12.5. The summed E-state index contributed by atoms with van der Waals surface area (Å²) in [6, 6.07) is 23.6. The standard InChI is InChI=1S/C24H26N2O4S2/c1-3-26(4-2)32(28,29)21-16-14-19(15-17-21)30-18-24(27)25-22-12-8-9-13-23(22)31-20-10-6-5-7-11-20/h5-17H,3-4,18H2,1-2H3,(H,25,27). The normalized spacial score (nSPS) is 11.3. The largest absolute Gasteiger partial charge is 0.484 e. The lowest BCUT2D eigenvalue weighted by molar-refractivity contribution is -0.118. The summed E-state index contributed by atoms with van der Waals surface area (Å²) in [4.78, 5) is 14.6. The highest BCUT2D eigenvalue weighted by Crippen LogP contribution is 2.33. The number of rotatable bonds is 10. The number of carbonyl (C=O) groups is 1. The average molecular weight is 471 g/mol. The van der Waals surface area contributed by atoms with E-state index >= 15 is 0 Å². The fourth-order valence-corrected chi connectivity index (χ4v) is 5.41. The maximum absolute atomic E-state index is 12.6. The highest BCUT2D eigenvalue weighted by Gasteiger charge is 2.21. The van der Waals surface area contributed by atoms with Gasteiger partial charge in [0, 0.05) is 22.9 Å². The molecule has 32 heavy (non-hydrogen) atoms. The van der Waals surface area contributed by atoms with Crippen LogP contribution in [0, 0.1) is 0 Å². The Kier molecular flexibility index (Phi) is 8.33. The minimum absolute atomic E-state index is 0.188. The number of benzene rings is 3. The number of nitrogens with one attached hydrogen (secondary N) is 1. The molecule has 0 aliphatic rings. The van der Waals surface area contributed by atoms with Crippen LogP contribution in [0.15, 0.2) is 93.5 Å². The molecule has 0 aliphatic heterocycles. The van der Waals surface area contributed by atoms with E-state index in [1.165, 1.54) is 16.4 Å². The van der Waals surface area contributed by atoms with Crippen LogP contribution in [-0.4, -0.2) is 38.3 Å². The van der Waals surface area contributed by atoms with E-state index in [2.05, 4.69) is 5.32 Å². The molecule has 1 N–H and O–H groups in total. The van der Waals surface area contributed by atoms with Crippen molar-refractivity contribution in [3.63, 3.8) is 0 Å². The summed E-state index contributed by atoms with van der Waals surface area (Å²) in [5.41, 5.74) is 0.704. The Balaban J connectivity index is 1.60. The molecule has 8 heteroatoms. The van der Waals surface area contributed by atoms with Crippen molar-refractivity contribution < 1.29 is 17.9 Å². The first-order valence-electron chi connectivity index (χ1n) is 10.3. The van der Waals surface area contributed by atoms with E-state index in [-0.39, 0.29) is 17.4 Å². The van der Waals surface area contributed by atoms with Crippen molar-refractivity contribution in [3.05, 3.63) is 78.9 Å². The molecule has 168 valence electrons. The Morgan fingerprint density at radius 1 is 0.906 bits per heavy atom. The van der Waals surface area contributed by atoms with E-state index in [0.29, 0.717) is 24.5 Å². The Bertz CT molecular complexity index is 1130. The van der Waals surface area contributed by atoms with E-state index in [1.54, 1.807) is 37.7 Å². The van der Waals surface area contributed by atoms with Crippen molar-refractivity contribution in [1.29, 1.82) is 0 Å². The van der Waals surface area contributed by atoms with Crippen LogP contribution in [0.1, 0.15) is 13.8 Å². The molecule has 0 saturated heterocycles. The molecule has 0 unspecified atom stereocenters. The van der Waals surface area contributed by atoms with Crippen molar-refractivity contribution in [2.75, 3.05) is 25.0 Å². The van der Waals surface area contributed by atoms with E-state index in [4.69, 9.17) is 4.74 Å². The van der Waals surface area contributed by atoms with Gasteiger partial charge >= 0.3 is 0 Å². The summed E-state index contributed by atoms with van der Waals surface area (Å²) in [6.45, 7) is 4.22. The van der Waals surface area contributed by atoms with Crippen LogP contribution in [0.4, 0.5) is 5.69 Å². The number of hydrogen-bond acceptors (Lipinski definition) is 5. The number of hydrogen-bond donors (Lipinski definition) is 1. The molecule has 0 atom stereocenters. The van der Waals surface area contributed by atoms with Gasteiger partial charge in [0.1, 0.15) is 5.75 Å². The predicted octanol–water partition coefficient (Wildman–Crippen LogP) is 4.89. The molecule has 6 nitrogen and oxygen atoms in total. The molecule has 3 rings (SSSR count). The summed E-state index contributed by atoms with van der Waals surface area (Å²) in [5.74, 6) is 0.122. The van der Waals surface area contributed by atoms with Crippen LogP contribution in [0.25, 0.3) is 0 Å². The number of anilines is 1. The van der Waals surface area contributed by atoms with Gasteiger partial charge in [-0.05, 0) is 48.5 Å². The quantitative estimate of drug-likeness (QED) is 0.457. The third-order valence-corrected chi connectivity index (χ3v) is 7.82. The predicted molar refractivity (Wildman–Crippen MR) is 128 cm³/mol. The highest BCUT2D eigenvalue weighted by atomic mass is 32.2. The lowest BCUT2D eigenvalue weighted by Gasteiger charge is -2.18. The zero-order chi connectivity index (χ0) is 23.0. The fourth-order valence-electron chi connectivity index (χ4n) is 3.03. The van der Waals surface area contributed by atoms with Gasteiger partial charge in [0.05, 0.1) is 10.6 Å². The van der Waals surface area contributed by atoms with Crippen LogP contribution in [0.3, 0.4) is 0 Å². The maximum Gasteiger partial charge on any atom is 0.262 e. The van der Waals surface area contributed by atoms with Crippen molar-refractivity contribution >= 4 is 33.4 Å². The third-order valence-electron chi connectivity index (χ3n) is 4.67. The van der Waals surface area contributed by atoms with Gasteiger partial charge in [-0.3, -0.25) is 4.79 Å². The molecule has 0 aliphatic carbocycles. The van der Waals surface area contributed by atoms with Gasteiger partial charge in [-0.1, -0.05) is 55.9 Å². The molecule has 0 saturated carbocycles. The molecule has 0 aromatic heterocycles. The van der Waals surface area contributed by atoms with Gasteiger partial charge in [0.2, 0.25) is 10.0 Å². The second kappa shape index (κ2) is 11.2. The fraction of sp³-hybridized carbons (Fsp3) is 0.208. The number of para-hydroxylation sites is 1. The van der Waals surface area contributed by atoms with Crippen molar-refractivity contribution in [2.24, 2.45) is 0 Å². The van der Waals surface area contributed by atoms with Crippen LogP contribution < -0.4 is 10.1 Å². The Labute approximate surface area is 193 Å². The zero-order valence-corrected chi connectivity index (χ0v) is 19.7. The zero-order valence-electron chi connectivity index (χ0n) is 18.0. The molecule has 0 radical (unpaired) electrons. The van der Waals surface area contributed by atoms with E-state index in [1.807, 2.05) is 54.6 Å². The Hall–Kier alpha value is -2.81. The van der Waals surface area contributed by atoms with Gasteiger partial charge in [-0.15, -0.1) is 0 Å². The lowest BCUT2D eigenvalue weighted by Crippen LogP contribution is -2.30. The van der Waals surface area contributed by atoms with Gasteiger partial charge in [-0.2, -0.15) is 4.31 Å². The Morgan fingerprint density at radius 3 is 2.19 bits per heavy atom. The number of sulfonamides is 1. The van der Waals surface area contributed by atoms with E-state index in [9.17, 15) is 13.2 Å². The minimum Gasteiger partial charge on any atom is -0.484 e. The summed E-state index contributed by atoms with van der Waals surface area (Å²) < 4.78 is 32.1. The number of amides is 1. The molecule has 0 bridgehead atoms.